The van der Waals surface area contributed by atoms with Crippen molar-refractivity contribution in [2.45, 2.75) is 13.0 Å². The van der Waals surface area contributed by atoms with E-state index in [9.17, 15) is 0 Å². The van der Waals surface area contributed by atoms with Gasteiger partial charge >= 0.3 is 0 Å². The van der Waals surface area contributed by atoms with Crippen LogP contribution in [0.1, 0.15) is 17.2 Å². The van der Waals surface area contributed by atoms with Gasteiger partial charge in [0, 0.05) is 0 Å². The largest absolute Gasteiger partial charge is 0.384 e. The van der Waals surface area contributed by atoms with Crippen LogP contribution in [0.25, 0.3) is 0 Å². The Morgan fingerprint density at radius 2 is 2.00 bits per heavy atom. The summed E-state index contributed by atoms with van der Waals surface area (Å²) in [5, 5.41) is 8.47. The molecule has 1 aromatic rings. The van der Waals surface area contributed by atoms with Gasteiger partial charge in [-0.25, -0.2) is 0 Å². The van der Waals surface area contributed by atoms with Crippen LogP contribution in [0, 0.1) is 31.1 Å². The molecule has 2 nitrogen and oxygen atoms in total. The summed E-state index contributed by atoms with van der Waals surface area (Å²) in [6, 6.07) is 7.86. The first-order chi connectivity index (χ1) is 7.77. The summed E-state index contributed by atoms with van der Waals surface area (Å²) in [6.07, 6.45) is 5.00. The van der Waals surface area contributed by atoms with Gasteiger partial charge in [0.1, 0.15) is 19.3 Å². The number of hydrogen-bond donors (Lipinski definition) is 1. The van der Waals surface area contributed by atoms with Gasteiger partial charge in [-0.05, 0) is 12.5 Å². The van der Waals surface area contributed by atoms with E-state index in [0.29, 0.717) is 0 Å². The zero-order chi connectivity index (χ0) is 11.8. The molecule has 1 aromatic carbocycles. The van der Waals surface area contributed by atoms with Gasteiger partial charge in [-0.3, -0.25) is 0 Å². The molecular formula is C14H14O2. The SMILES string of the molecule is C#CC(OCC#CCO)c1ccc(C)cc1. The number of aryl methyl sites for hydroxylation is 1. The molecule has 0 heterocycles. The van der Waals surface area contributed by atoms with Crippen molar-refractivity contribution in [2.24, 2.45) is 0 Å². The van der Waals surface area contributed by atoms with Crippen molar-refractivity contribution < 1.29 is 9.84 Å². The Morgan fingerprint density at radius 1 is 1.31 bits per heavy atom. The van der Waals surface area contributed by atoms with Crippen LogP contribution in [0.15, 0.2) is 24.3 Å². The fourth-order valence-electron chi connectivity index (χ4n) is 1.21. The molecule has 0 saturated carbocycles. The molecule has 0 fully saturated rings. The minimum atomic E-state index is -0.381. The van der Waals surface area contributed by atoms with Gasteiger partial charge < -0.3 is 9.84 Å². The Balaban J connectivity index is 2.61. The van der Waals surface area contributed by atoms with Crippen LogP contribution in [0.5, 0.6) is 0 Å². The molecule has 0 aliphatic rings. The third-order valence-electron chi connectivity index (χ3n) is 2.06. The third-order valence-corrected chi connectivity index (χ3v) is 2.06. The Hall–Kier alpha value is -1.74. The molecule has 16 heavy (non-hydrogen) atoms. The molecule has 1 unspecified atom stereocenters. The molecule has 0 radical (unpaired) electrons. The molecule has 0 saturated heterocycles. The van der Waals surface area contributed by atoms with Gasteiger partial charge in [0.05, 0.1) is 0 Å². The van der Waals surface area contributed by atoms with Crippen molar-refractivity contribution in [1.29, 1.82) is 0 Å². The molecule has 1 rings (SSSR count). The topological polar surface area (TPSA) is 29.5 Å². The summed E-state index contributed by atoms with van der Waals surface area (Å²) in [4.78, 5) is 0. The summed E-state index contributed by atoms with van der Waals surface area (Å²) in [5.74, 6) is 7.73. The molecule has 0 aliphatic heterocycles. The first-order valence-electron chi connectivity index (χ1n) is 4.99. The fourth-order valence-corrected chi connectivity index (χ4v) is 1.21. The third kappa shape index (κ3) is 3.79. The molecule has 0 aromatic heterocycles. The highest BCUT2D eigenvalue weighted by atomic mass is 16.5. The van der Waals surface area contributed by atoms with Crippen LogP contribution >= 0.6 is 0 Å². The maximum Gasteiger partial charge on any atom is 0.144 e. The van der Waals surface area contributed by atoms with Gasteiger partial charge in [-0.2, -0.15) is 0 Å². The first-order valence-corrected chi connectivity index (χ1v) is 4.99. The molecule has 1 atom stereocenters. The molecule has 2 heteroatoms. The van der Waals surface area contributed by atoms with Crippen LogP contribution in [0.3, 0.4) is 0 Å². The maximum atomic E-state index is 8.47. The Kier molecular flexibility index (Phi) is 5.16. The van der Waals surface area contributed by atoms with Crippen molar-refractivity contribution >= 4 is 0 Å². The van der Waals surface area contributed by atoms with E-state index in [2.05, 4.69) is 17.8 Å². The first kappa shape index (κ1) is 12.3. The van der Waals surface area contributed by atoms with Crippen molar-refractivity contribution in [1.82, 2.24) is 0 Å². The van der Waals surface area contributed by atoms with E-state index in [1.807, 2.05) is 31.2 Å². The standard InChI is InChI=1S/C14H14O2/c1-3-14(16-11-5-4-10-15)13-8-6-12(2)7-9-13/h1,6-9,14-15H,10-11H2,2H3. The van der Waals surface area contributed by atoms with E-state index in [-0.39, 0.29) is 19.3 Å². The number of benzene rings is 1. The van der Waals surface area contributed by atoms with Crippen LogP contribution in [-0.2, 0) is 4.74 Å². The minimum Gasteiger partial charge on any atom is -0.384 e. The number of aliphatic hydroxyl groups is 1. The highest BCUT2D eigenvalue weighted by Crippen LogP contribution is 2.16. The lowest BCUT2D eigenvalue weighted by atomic mass is 10.1. The summed E-state index contributed by atoms with van der Waals surface area (Å²) < 4.78 is 5.40. The van der Waals surface area contributed by atoms with E-state index < -0.39 is 0 Å². The lowest BCUT2D eigenvalue weighted by Gasteiger charge is -2.10. The number of aliphatic hydroxyl groups excluding tert-OH is 1. The van der Waals surface area contributed by atoms with E-state index in [4.69, 9.17) is 16.3 Å². The van der Waals surface area contributed by atoms with E-state index in [1.165, 1.54) is 5.56 Å². The maximum absolute atomic E-state index is 8.47. The average molecular weight is 214 g/mol. The van der Waals surface area contributed by atoms with Crippen LogP contribution in [-0.4, -0.2) is 18.3 Å². The van der Waals surface area contributed by atoms with Gasteiger partial charge in [-0.15, -0.1) is 6.42 Å². The molecule has 0 spiro atoms. The highest BCUT2D eigenvalue weighted by molar-refractivity contribution is 5.27. The highest BCUT2D eigenvalue weighted by Gasteiger charge is 2.06. The Morgan fingerprint density at radius 3 is 2.56 bits per heavy atom. The second-order valence-electron chi connectivity index (χ2n) is 3.28. The zero-order valence-corrected chi connectivity index (χ0v) is 9.23. The van der Waals surface area contributed by atoms with E-state index in [1.54, 1.807) is 0 Å². The second-order valence-corrected chi connectivity index (χ2v) is 3.28. The zero-order valence-electron chi connectivity index (χ0n) is 9.23. The lowest BCUT2D eigenvalue weighted by molar-refractivity contribution is 0.121. The van der Waals surface area contributed by atoms with Gasteiger partial charge in [0.2, 0.25) is 0 Å². The number of ether oxygens (including phenoxy) is 1. The Bertz CT molecular complexity index is 415. The minimum absolute atomic E-state index is 0.158. The number of terminal acetylenes is 1. The van der Waals surface area contributed by atoms with Crippen molar-refractivity contribution in [3.8, 4) is 24.2 Å². The average Bonchev–Trinajstić information content (AvgIpc) is 2.31. The predicted molar refractivity (Wildman–Crippen MR) is 63.6 cm³/mol. The predicted octanol–water partition coefficient (Wildman–Crippen LogP) is 1.68. The van der Waals surface area contributed by atoms with Crippen LogP contribution in [0.2, 0.25) is 0 Å². The van der Waals surface area contributed by atoms with E-state index >= 15 is 0 Å². The van der Waals surface area contributed by atoms with Crippen molar-refractivity contribution in [3.05, 3.63) is 35.4 Å². The monoisotopic (exact) mass is 214 g/mol. The molecule has 82 valence electrons. The summed E-state index contributed by atoms with van der Waals surface area (Å²) in [6.45, 7) is 2.08. The van der Waals surface area contributed by atoms with Gasteiger partial charge in [0.15, 0.2) is 0 Å². The molecule has 0 bridgehead atoms. The van der Waals surface area contributed by atoms with Crippen LogP contribution in [0.4, 0.5) is 0 Å². The molecule has 0 amide bonds. The smallest absolute Gasteiger partial charge is 0.144 e. The molecule has 0 aliphatic carbocycles. The second kappa shape index (κ2) is 6.69. The molecule has 1 N–H and O–H groups in total. The van der Waals surface area contributed by atoms with Gasteiger partial charge in [0.25, 0.3) is 0 Å². The number of hydrogen-bond acceptors (Lipinski definition) is 2. The fraction of sp³-hybridized carbons (Fsp3) is 0.286. The lowest BCUT2D eigenvalue weighted by Crippen LogP contribution is -2.02. The summed E-state index contributed by atoms with van der Waals surface area (Å²) >= 11 is 0. The quantitative estimate of drug-likeness (QED) is 0.776. The van der Waals surface area contributed by atoms with Crippen molar-refractivity contribution in [3.63, 3.8) is 0 Å². The van der Waals surface area contributed by atoms with Gasteiger partial charge in [-0.1, -0.05) is 47.6 Å². The van der Waals surface area contributed by atoms with Crippen molar-refractivity contribution in [2.75, 3.05) is 13.2 Å². The summed E-state index contributed by atoms with van der Waals surface area (Å²) in [7, 11) is 0. The van der Waals surface area contributed by atoms with Crippen LogP contribution < -0.4 is 0 Å². The number of rotatable bonds is 3. The normalized spacial score (nSPS) is 11.1. The van der Waals surface area contributed by atoms with E-state index in [0.717, 1.165) is 5.56 Å². The summed E-state index contributed by atoms with van der Waals surface area (Å²) in [5.41, 5.74) is 2.12. The Labute approximate surface area is 96.3 Å². The molecular weight excluding hydrogens is 200 g/mol.